The van der Waals surface area contributed by atoms with Crippen molar-refractivity contribution in [3.8, 4) is 0 Å². The summed E-state index contributed by atoms with van der Waals surface area (Å²) in [5.41, 5.74) is -0.196. The van der Waals surface area contributed by atoms with Crippen LogP contribution < -0.4 is 5.32 Å². The van der Waals surface area contributed by atoms with Crippen LogP contribution in [0.2, 0.25) is 0 Å². The van der Waals surface area contributed by atoms with Crippen LogP contribution in [-0.4, -0.2) is 80.5 Å². The molecule has 3 heterocycles. The van der Waals surface area contributed by atoms with Crippen LogP contribution in [0.15, 0.2) is 38.5 Å². The van der Waals surface area contributed by atoms with Crippen molar-refractivity contribution in [2.24, 2.45) is 4.99 Å². The Balaban J connectivity index is 0.000000710. The van der Waals surface area contributed by atoms with Crippen LogP contribution >= 0.6 is 31.9 Å². The maximum Gasteiger partial charge on any atom is 0.278 e. The Labute approximate surface area is 287 Å². The molecule has 46 heavy (non-hydrogen) atoms. The molecule has 0 spiro atoms. The highest BCUT2D eigenvalue weighted by Gasteiger charge is 2.33. The first-order chi connectivity index (χ1) is 21.2. The number of nitrogens with zero attached hydrogens (tertiary/aromatic N) is 3. The molecule has 0 saturated heterocycles. The number of aromatic nitrogens is 2. The number of rotatable bonds is 12. The van der Waals surface area contributed by atoms with Gasteiger partial charge < -0.3 is 15.2 Å². The Kier molecular flexibility index (Phi) is 16.8. The quantitative estimate of drug-likeness (QED) is 0.277. The highest BCUT2D eigenvalue weighted by molar-refractivity contribution is 9.10. The molecule has 0 saturated carbocycles. The molecule has 2 aromatic heterocycles. The van der Waals surface area contributed by atoms with Crippen molar-refractivity contribution < 1.29 is 45.3 Å². The minimum atomic E-state index is -3.87. The Hall–Kier alpha value is -2.12. The summed E-state index contributed by atoms with van der Waals surface area (Å²) in [6.07, 6.45) is 9.28. The van der Waals surface area contributed by atoms with E-state index in [4.69, 9.17) is 4.74 Å². The number of aliphatic imine (C=N–C) groups is 1. The van der Waals surface area contributed by atoms with Gasteiger partial charge in [-0.15, -0.1) is 3.63 Å². The number of pyridine rings is 2. The van der Waals surface area contributed by atoms with Gasteiger partial charge in [-0.3, -0.25) is 4.79 Å². The van der Waals surface area contributed by atoms with Gasteiger partial charge in [0.05, 0.1) is 51.5 Å². The first kappa shape index (κ1) is 41.9. The minimum absolute atomic E-state index is 0. The molecule has 2 aromatic rings. The molecule has 0 bridgehead atoms. The minimum Gasteiger partial charge on any atom is -0.474 e. The van der Waals surface area contributed by atoms with Crippen molar-refractivity contribution in [3.63, 3.8) is 0 Å². The number of aliphatic hydroxyl groups excluding tert-OH is 1. The van der Waals surface area contributed by atoms with Crippen molar-refractivity contribution in [1.29, 1.82) is 0 Å². The highest BCUT2D eigenvalue weighted by Crippen LogP contribution is 2.28. The smallest absolute Gasteiger partial charge is 0.278 e. The van der Waals surface area contributed by atoms with E-state index in [1.54, 1.807) is 6.92 Å². The lowest BCUT2D eigenvalue weighted by molar-refractivity contribution is 0.0832. The van der Waals surface area contributed by atoms with E-state index in [9.17, 15) is 35.5 Å². The molecule has 1 aliphatic rings. The molecule has 12 nitrogen and oxygen atoms in total. The van der Waals surface area contributed by atoms with Gasteiger partial charge in [0, 0.05) is 1.43 Å². The molecule has 0 fully saturated rings. The Bertz CT molecular complexity index is 1560. The van der Waals surface area contributed by atoms with Gasteiger partial charge in [0.2, 0.25) is 5.90 Å². The third kappa shape index (κ3) is 15.6. The fourth-order valence-corrected chi connectivity index (χ4v) is 6.59. The van der Waals surface area contributed by atoms with Crippen LogP contribution in [0.5, 0.6) is 0 Å². The summed E-state index contributed by atoms with van der Waals surface area (Å²) in [4.78, 5) is 24.5. The van der Waals surface area contributed by atoms with E-state index in [1.165, 1.54) is 18.3 Å². The van der Waals surface area contributed by atoms with E-state index in [-0.39, 0.29) is 25.1 Å². The van der Waals surface area contributed by atoms with Gasteiger partial charge in [0.15, 0.2) is 0 Å². The van der Waals surface area contributed by atoms with Crippen LogP contribution in [0, 0.1) is 11.6 Å². The third-order valence-electron chi connectivity index (χ3n) is 6.09. The number of hydrogen-bond donors (Lipinski definition) is 2. The lowest BCUT2D eigenvalue weighted by Gasteiger charge is -2.28. The van der Waals surface area contributed by atoms with Crippen LogP contribution in [-0.2, 0) is 28.6 Å². The van der Waals surface area contributed by atoms with Gasteiger partial charge in [-0.25, -0.2) is 23.7 Å². The van der Waals surface area contributed by atoms with Gasteiger partial charge >= 0.3 is 0 Å². The topological polar surface area (TPSA) is 174 Å². The standard InChI is InChI=1S/C13H18BrFN2O2.C13H16BrFN2O.C2H6O5S2.H2/c1-3-4-5-13(2,8-18)17-12(19)11-10(14)6-9(15)7-16-11;1-3-4-5-13(2)8-18-12(17-13)11-10(14)6-9(15)7-16-11;1-8(3,4)7-9(2,5)6;/h6-7,18H,3-5,8H2,1-2H3,(H,17,19);6-7H,3-5,8H2,1-2H3;1-2H3;1H/t2*13-;;/m11../s1. The van der Waals surface area contributed by atoms with Crippen molar-refractivity contribution in [1.82, 2.24) is 15.3 Å². The summed E-state index contributed by atoms with van der Waals surface area (Å²) in [6.45, 7) is 8.45. The van der Waals surface area contributed by atoms with Gasteiger partial charge in [-0.2, -0.15) is 16.8 Å². The molecule has 0 aromatic carbocycles. The van der Waals surface area contributed by atoms with E-state index in [0.717, 1.165) is 38.3 Å². The molecule has 2 N–H and O–H groups in total. The van der Waals surface area contributed by atoms with Crippen LogP contribution in [0.3, 0.4) is 0 Å². The molecule has 0 unspecified atom stereocenters. The van der Waals surface area contributed by atoms with E-state index in [1.807, 2.05) is 6.92 Å². The molecular formula is C28H42Br2F2N4O8S2. The number of halogens is 4. The maximum atomic E-state index is 13.0. The zero-order valence-electron chi connectivity index (χ0n) is 26.4. The summed E-state index contributed by atoms with van der Waals surface area (Å²) < 4.78 is 76.1. The molecule has 3 rings (SSSR count). The van der Waals surface area contributed by atoms with E-state index < -0.39 is 37.5 Å². The summed E-state index contributed by atoms with van der Waals surface area (Å²) in [6, 6.07) is 2.56. The molecule has 2 atom stereocenters. The van der Waals surface area contributed by atoms with Crippen molar-refractivity contribution in [2.45, 2.75) is 77.3 Å². The predicted octanol–water partition coefficient (Wildman–Crippen LogP) is 5.53. The van der Waals surface area contributed by atoms with E-state index in [2.05, 4.69) is 69.6 Å². The monoisotopic (exact) mass is 822 g/mol. The molecule has 18 heteroatoms. The molecule has 1 aliphatic heterocycles. The number of hydrogen-bond acceptors (Lipinski definition) is 11. The van der Waals surface area contributed by atoms with Gasteiger partial charge in [0.1, 0.15) is 29.6 Å². The average molecular weight is 825 g/mol. The number of unbranched alkanes of at least 4 members (excludes halogenated alkanes) is 2. The fourth-order valence-electron chi connectivity index (χ4n) is 3.80. The number of aliphatic hydroxyl groups is 1. The van der Waals surface area contributed by atoms with Crippen LogP contribution in [0.25, 0.3) is 0 Å². The molecular weight excluding hydrogens is 782 g/mol. The zero-order valence-corrected chi connectivity index (χ0v) is 31.2. The number of nitrogens with one attached hydrogen (secondary N) is 1. The number of carbonyl (C=O) groups excluding carboxylic acids is 1. The number of amides is 1. The Morgan fingerprint density at radius 3 is 2.07 bits per heavy atom. The van der Waals surface area contributed by atoms with Crippen molar-refractivity contribution in [2.75, 3.05) is 25.7 Å². The van der Waals surface area contributed by atoms with E-state index in [0.29, 0.717) is 46.1 Å². The fraction of sp³-hybridized carbons (Fsp3) is 0.571. The lowest BCUT2D eigenvalue weighted by atomic mass is 9.95. The van der Waals surface area contributed by atoms with Crippen molar-refractivity contribution in [3.05, 3.63) is 56.5 Å². The largest absolute Gasteiger partial charge is 0.474 e. The van der Waals surface area contributed by atoms with Crippen LogP contribution in [0.1, 0.15) is 83.8 Å². The second-order valence-corrected chi connectivity index (χ2v) is 16.1. The second-order valence-electron chi connectivity index (χ2n) is 11.0. The summed E-state index contributed by atoms with van der Waals surface area (Å²) >= 11 is 6.39. The molecule has 262 valence electrons. The Morgan fingerprint density at radius 2 is 1.61 bits per heavy atom. The lowest BCUT2D eigenvalue weighted by Crippen LogP contribution is -2.49. The predicted molar refractivity (Wildman–Crippen MR) is 180 cm³/mol. The summed E-state index contributed by atoms with van der Waals surface area (Å²) in [5, 5.41) is 12.2. The second kappa shape index (κ2) is 18.4. The summed E-state index contributed by atoms with van der Waals surface area (Å²) in [5.74, 6) is -0.822. The average Bonchev–Trinajstić information content (AvgIpc) is 3.31. The van der Waals surface area contributed by atoms with Crippen LogP contribution in [0.4, 0.5) is 8.78 Å². The third-order valence-corrected chi connectivity index (χ3v) is 9.27. The van der Waals surface area contributed by atoms with E-state index >= 15 is 0 Å². The van der Waals surface area contributed by atoms with Gasteiger partial charge in [-0.05, 0) is 70.7 Å². The number of ether oxygens (including phenoxy) is 1. The maximum absolute atomic E-state index is 13.0. The number of carbonyl (C=O) groups is 1. The first-order valence-corrected chi connectivity index (χ1v) is 19.3. The van der Waals surface area contributed by atoms with Gasteiger partial charge in [0.25, 0.3) is 26.1 Å². The van der Waals surface area contributed by atoms with Gasteiger partial charge in [-0.1, -0.05) is 39.5 Å². The Morgan fingerprint density at radius 1 is 1.07 bits per heavy atom. The highest BCUT2D eigenvalue weighted by atomic mass is 79.9. The SMILES string of the molecule is CCCC[C@](C)(CO)NC(=O)c1ncc(F)cc1Br.CCCC[C@]1(C)COC(c2ncc(F)cc2Br)=N1.CS(=O)(=O)OS(C)(=O)=O.[HH]. The molecule has 1 amide bonds. The normalized spacial score (nSPS) is 17.3. The molecule has 0 aliphatic carbocycles. The first-order valence-electron chi connectivity index (χ1n) is 14.1. The summed E-state index contributed by atoms with van der Waals surface area (Å²) in [7, 11) is -7.74. The zero-order chi connectivity index (χ0) is 35.3. The molecule has 0 radical (unpaired) electrons. The van der Waals surface area contributed by atoms with Crippen molar-refractivity contribution >= 4 is 63.9 Å².